The van der Waals surface area contributed by atoms with Gasteiger partial charge in [-0.1, -0.05) is 19.1 Å². The van der Waals surface area contributed by atoms with Gasteiger partial charge in [-0.05, 0) is 41.0 Å². The topological polar surface area (TPSA) is 54.2 Å². The molecule has 21 heavy (non-hydrogen) atoms. The zero-order chi connectivity index (χ0) is 14.7. The number of aromatic nitrogens is 2. The molecule has 0 bridgehead atoms. The molecule has 0 saturated carbocycles. The fourth-order valence-electron chi connectivity index (χ4n) is 2.44. The van der Waals surface area contributed by atoms with E-state index in [0.29, 0.717) is 17.8 Å². The molecule has 6 heteroatoms. The Labute approximate surface area is 132 Å². The Morgan fingerprint density at radius 3 is 2.81 bits per heavy atom. The Balaban J connectivity index is 1.73. The second-order valence-corrected chi connectivity index (χ2v) is 6.12. The van der Waals surface area contributed by atoms with Crippen LogP contribution < -0.4 is 5.32 Å². The number of hydrogen-bond donors (Lipinski definition) is 1. The van der Waals surface area contributed by atoms with Gasteiger partial charge in [-0.15, -0.1) is 10.2 Å². The van der Waals surface area contributed by atoms with Crippen molar-refractivity contribution in [1.82, 2.24) is 20.4 Å². The summed E-state index contributed by atoms with van der Waals surface area (Å²) in [7, 11) is 0. The number of benzene rings is 1. The van der Waals surface area contributed by atoms with Gasteiger partial charge in [-0.3, -0.25) is 4.90 Å². The lowest BCUT2D eigenvalue weighted by molar-refractivity contribution is 0.126. The van der Waals surface area contributed by atoms with E-state index in [4.69, 9.17) is 4.42 Å². The van der Waals surface area contributed by atoms with Crippen molar-refractivity contribution in [3.8, 4) is 11.5 Å². The summed E-state index contributed by atoms with van der Waals surface area (Å²) in [5.41, 5.74) is 0.934. The molecule has 0 spiro atoms. The smallest absolute Gasteiger partial charge is 0.248 e. The van der Waals surface area contributed by atoms with Crippen molar-refractivity contribution in [3.05, 3.63) is 34.6 Å². The number of nitrogens with one attached hydrogen (secondary N) is 1. The molecular weight excluding hydrogens is 332 g/mol. The van der Waals surface area contributed by atoms with E-state index >= 15 is 0 Å². The molecule has 1 aromatic heterocycles. The lowest BCUT2D eigenvalue weighted by Crippen LogP contribution is -2.57. The Morgan fingerprint density at radius 2 is 2.14 bits per heavy atom. The van der Waals surface area contributed by atoms with Crippen molar-refractivity contribution < 1.29 is 4.42 Å². The van der Waals surface area contributed by atoms with Crippen LogP contribution in [0.15, 0.2) is 33.2 Å². The van der Waals surface area contributed by atoms with Crippen molar-refractivity contribution >= 4 is 15.9 Å². The Kier molecular flexibility index (Phi) is 4.67. The number of halogens is 1. The van der Waals surface area contributed by atoms with Crippen molar-refractivity contribution in [3.63, 3.8) is 0 Å². The average Bonchev–Trinajstić information content (AvgIpc) is 2.86. The molecule has 0 radical (unpaired) electrons. The van der Waals surface area contributed by atoms with E-state index in [9.17, 15) is 0 Å². The summed E-state index contributed by atoms with van der Waals surface area (Å²) in [4.78, 5) is 2.41. The van der Waals surface area contributed by atoms with Crippen molar-refractivity contribution in [2.75, 3.05) is 19.6 Å². The first-order valence-corrected chi connectivity index (χ1v) is 8.09. The van der Waals surface area contributed by atoms with Crippen LogP contribution in [0.3, 0.4) is 0 Å². The van der Waals surface area contributed by atoms with Gasteiger partial charge in [0.1, 0.15) is 0 Å². The third kappa shape index (κ3) is 3.33. The predicted molar refractivity (Wildman–Crippen MR) is 84.8 cm³/mol. The monoisotopic (exact) mass is 350 g/mol. The number of nitrogens with zero attached hydrogens (tertiary/aromatic N) is 3. The van der Waals surface area contributed by atoms with Gasteiger partial charge in [0.05, 0.1) is 12.1 Å². The summed E-state index contributed by atoms with van der Waals surface area (Å²) in [5.74, 6) is 1.25. The fourth-order valence-corrected chi connectivity index (χ4v) is 2.90. The molecule has 1 aromatic carbocycles. The average molecular weight is 351 g/mol. The van der Waals surface area contributed by atoms with Crippen LogP contribution in [-0.2, 0) is 6.54 Å². The highest BCUT2D eigenvalue weighted by molar-refractivity contribution is 9.10. The minimum atomic E-state index is 0.570. The van der Waals surface area contributed by atoms with Crippen LogP contribution in [0.4, 0.5) is 0 Å². The largest absolute Gasteiger partial charge is 0.419 e. The summed E-state index contributed by atoms with van der Waals surface area (Å²) in [5, 5.41) is 11.7. The molecule has 112 valence electrons. The first kappa shape index (κ1) is 14.7. The van der Waals surface area contributed by atoms with Crippen LogP contribution in [0.1, 0.15) is 19.2 Å². The quantitative estimate of drug-likeness (QED) is 0.867. The van der Waals surface area contributed by atoms with E-state index in [1.54, 1.807) is 0 Å². The predicted octanol–water partition coefficient (Wildman–Crippen LogP) is 2.68. The maximum atomic E-state index is 5.83. The molecule has 0 amide bonds. The van der Waals surface area contributed by atoms with Gasteiger partial charge in [0.2, 0.25) is 11.8 Å². The van der Waals surface area contributed by atoms with Gasteiger partial charge in [-0.2, -0.15) is 0 Å². The van der Waals surface area contributed by atoms with E-state index < -0.39 is 0 Å². The molecular formula is C15H19BrN4O. The third-order valence-electron chi connectivity index (χ3n) is 3.70. The molecule has 2 heterocycles. The van der Waals surface area contributed by atoms with Crippen LogP contribution in [0, 0.1) is 0 Å². The molecule has 1 aliphatic heterocycles. The highest BCUT2D eigenvalue weighted by Gasteiger charge is 2.25. The Bertz CT molecular complexity index is 597. The van der Waals surface area contributed by atoms with E-state index in [1.807, 2.05) is 24.3 Å². The normalized spacial score (nSPS) is 15.4. The highest BCUT2D eigenvalue weighted by Crippen LogP contribution is 2.27. The summed E-state index contributed by atoms with van der Waals surface area (Å²) in [6.45, 7) is 6.06. The zero-order valence-corrected chi connectivity index (χ0v) is 13.6. The van der Waals surface area contributed by atoms with Crippen molar-refractivity contribution in [2.24, 2.45) is 0 Å². The molecule has 2 aromatic rings. The van der Waals surface area contributed by atoms with E-state index in [2.05, 4.69) is 43.3 Å². The standard InChI is InChI=1S/C15H19BrN4O/c1-2-7-20(11-8-17-9-11)10-14-18-19-15(21-14)12-5-3-4-6-13(12)16/h3-6,11,17H,2,7-10H2,1H3. The molecule has 0 atom stereocenters. The lowest BCUT2D eigenvalue weighted by Gasteiger charge is -2.37. The van der Waals surface area contributed by atoms with Gasteiger partial charge >= 0.3 is 0 Å². The van der Waals surface area contributed by atoms with E-state index in [0.717, 1.165) is 42.6 Å². The van der Waals surface area contributed by atoms with Gasteiger partial charge in [0, 0.05) is 23.6 Å². The van der Waals surface area contributed by atoms with Gasteiger partial charge < -0.3 is 9.73 Å². The van der Waals surface area contributed by atoms with E-state index in [-0.39, 0.29) is 0 Å². The minimum Gasteiger partial charge on any atom is -0.419 e. The Hall–Kier alpha value is -1.24. The SMILES string of the molecule is CCCN(Cc1nnc(-c2ccccc2Br)o1)C1CNC1. The summed E-state index contributed by atoms with van der Waals surface area (Å²) < 4.78 is 6.80. The second-order valence-electron chi connectivity index (χ2n) is 5.26. The van der Waals surface area contributed by atoms with Crippen LogP contribution in [0.5, 0.6) is 0 Å². The lowest BCUT2D eigenvalue weighted by atomic mass is 10.1. The van der Waals surface area contributed by atoms with Gasteiger partial charge in [0.15, 0.2) is 0 Å². The molecule has 5 nitrogen and oxygen atoms in total. The second kappa shape index (κ2) is 6.68. The van der Waals surface area contributed by atoms with Crippen LogP contribution in [-0.4, -0.2) is 40.8 Å². The summed E-state index contributed by atoms with van der Waals surface area (Å²) >= 11 is 3.52. The number of rotatable bonds is 6. The molecule has 0 unspecified atom stereocenters. The molecule has 1 aliphatic rings. The van der Waals surface area contributed by atoms with Crippen molar-refractivity contribution in [2.45, 2.75) is 25.9 Å². The number of hydrogen-bond acceptors (Lipinski definition) is 5. The summed E-state index contributed by atoms with van der Waals surface area (Å²) in [6, 6.07) is 8.47. The van der Waals surface area contributed by atoms with Gasteiger partial charge in [0.25, 0.3) is 0 Å². The zero-order valence-electron chi connectivity index (χ0n) is 12.1. The van der Waals surface area contributed by atoms with Crippen LogP contribution >= 0.6 is 15.9 Å². The van der Waals surface area contributed by atoms with Crippen LogP contribution in [0.2, 0.25) is 0 Å². The minimum absolute atomic E-state index is 0.570. The molecule has 1 saturated heterocycles. The fraction of sp³-hybridized carbons (Fsp3) is 0.467. The highest BCUT2D eigenvalue weighted by atomic mass is 79.9. The maximum Gasteiger partial charge on any atom is 0.248 e. The summed E-state index contributed by atoms with van der Waals surface area (Å²) in [6.07, 6.45) is 1.13. The maximum absolute atomic E-state index is 5.83. The Morgan fingerprint density at radius 1 is 1.33 bits per heavy atom. The third-order valence-corrected chi connectivity index (χ3v) is 4.39. The molecule has 1 N–H and O–H groups in total. The molecule has 1 fully saturated rings. The van der Waals surface area contributed by atoms with Gasteiger partial charge in [-0.25, -0.2) is 0 Å². The van der Waals surface area contributed by atoms with Crippen molar-refractivity contribution in [1.29, 1.82) is 0 Å². The molecule has 0 aliphatic carbocycles. The first-order chi connectivity index (χ1) is 10.3. The van der Waals surface area contributed by atoms with Crippen LogP contribution in [0.25, 0.3) is 11.5 Å². The first-order valence-electron chi connectivity index (χ1n) is 7.30. The van der Waals surface area contributed by atoms with E-state index in [1.165, 1.54) is 0 Å². The molecule has 3 rings (SSSR count).